The van der Waals surface area contributed by atoms with E-state index in [-0.39, 0.29) is 37.9 Å². The normalized spacial score (nSPS) is 16.7. The highest BCUT2D eigenvalue weighted by Crippen LogP contribution is 2.33. The van der Waals surface area contributed by atoms with Crippen LogP contribution in [0, 0.1) is 0 Å². The van der Waals surface area contributed by atoms with Crippen LogP contribution >= 0.6 is 0 Å². The summed E-state index contributed by atoms with van der Waals surface area (Å²) in [5, 5.41) is 9.13. The van der Waals surface area contributed by atoms with Crippen molar-refractivity contribution in [1.82, 2.24) is 0 Å². The highest BCUT2D eigenvalue weighted by Gasteiger charge is 2.26. The molecular formula is C23H26O8. The van der Waals surface area contributed by atoms with Crippen molar-refractivity contribution in [2.24, 2.45) is 0 Å². The summed E-state index contributed by atoms with van der Waals surface area (Å²) in [5.74, 6) is 1.30. The third-order valence-corrected chi connectivity index (χ3v) is 5.13. The molecule has 0 saturated carbocycles. The standard InChI is InChI=1S/C23H26O8/c1-23(2,16-3-7-18(8-4-16)27-12-20(11-24)30-15-25)17-5-9-19(10-6-17)28-13-21-14-29-22(26)31-21/h3-10,15,20-21,24H,11-14H2,1-2H3. The summed E-state index contributed by atoms with van der Waals surface area (Å²) in [7, 11) is 0. The largest absolute Gasteiger partial charge is 0.508 e. The molecule has 2 aromatic rings. The number of benzene rings is 2. The number of carbonyl (C=O) groups excluding carboxylic acids is 2. The van der Waals surface area contributed by atoms with E-state index in [1.54, 1.807) is 0 Å². The molecule has 8 nitrogen and oxygen atoms in total. The molecule has 1 fully saturated rings. The Hall–Kier alpha value is -3.26. The van der Waals surface area contributed by atoms with Gasteiger partial charge in [-0.05, 0) is 35.4 Å². The molecule has 8 heteroatoms. The lowest BCUT2D eigenvalue weighted by atomic mass is 9.78. The van der Waals surface area contributed by atoms with Crippen LogP contribution < -0.4 is 9.47 Å². The van der Waals surface area contributed by atoms with Crippen molar-refractivity contribution in [3.8, 4) is 11.5 Å². The number of rotatable bonds is 11. The van der Waals surface area contributed by atoms with Gasteiger partial charge in [-0.2, -0.15) is 0 Å². The van der Waals surface area contributed by atoms with Crippen LogP contribution in [0.3, 0.4) is 0 Å². The van der Waals surface area contributed by atoms with Crippen molar-refractivity contribution in [2.45, 2.75) is 31.5 Å². The predicted octanol–water partition coefficient (Wildman–Crippen LogP) is 2.84. The Balaban J connectivity index is 1.58. The first kappa shape index (κ1) is 22.4. The van der Waals surface area contributed by atoms with E-state index in [2.05, 4.69) is 13.8 Å². The number of carbonyl (C=O) groups is 2. The molecular weight excluding hydrogens is 404 g/mol. The second-order valence-corrected chi connectivity index (χ2v) is 7.63. The van der Waals surface area contributed by atoms with E-state index < -0.39 is 12.3 Å². The van der Waals surface area contributed by atoms with Gasteiger partial charge in [0.05, 0.1) is 6.61 Å². The van der Waals surface area contributed by atoms with E-state index in [9.17, 15) is 9.59 Å². The fourth-order valence-electron chi connectivity index (χ4n) is 3.14. The van der Waals surface area contributed by atoms with Crippen molar-refractivity contribution < 1.29 is 38.4 Å². The molecule has 3 rings (SSSR count). The zero-order valence-electron chi connectivity index (χ0n) is 17.5. The Morgan fingerprint density at radius 2 is 1.65 bits per heavy atom. The van der Waals surface area contributed by atoms with Crippen LogP contribution in [-0.4, -0.2) is 56.4 Å². The smallest absolute Gasteiger partial charge is 0.490 e. The lowest BCUT2D eigenvalue weighted by molar-refractivity contribution is -0.137. The Bertz CT molecular complexity index is 809. The van der Waals surface area contributed by atoms with Gasteiger partial charge in [0.15, 0.2) is 12.2 Å². The van der Waals surface area contributed by atoms with Gasteiger partial charge in [-0.1, -0.05) is 38.1 Å². The van der Waals surface area contributed by atoms with Gasteiger partial charge < -0.3 is 28.8 Å². The predicted molar refractivity (Wildman–Crippen MR) is 110 cm³/mol. The molecule has 1 aliphatic heterocycles. The van der Waals surface area contributed by atoms with Crippen LogP contribution in [-0.2, 0) is 24.4 Å². The van der Waals surface area contributed by atoms with Crippen molar-refractivity contribution in [3.63, 3.8) is 0 Å². The first-order valence-electron chi connectivity index (χ1n) is 9.92. The van der Waals surface area contributed by atoms with Gasteiger partial charge in [0, 0.05) is 5.41 Å². The Morgan fingerprint density at radius 1 is 1.06 bits per heavy atom. The minimum Gasteiger partial charge on any atom is -0.490 e. The van der Waals surface area contributed by atoms with Crippen molar-refractivity contribution >= 4 is 12.6 Å². The van der Waals surface area contributed by atoms with Crippen molar-refractivity contribution in [3.05, 3.63) is 59.7 Å². The number of aliphatic hydroxyl groups is 1. The van der Waals surface area contributed by atoms with Gasteiger partial charge in [0.1, 0.15) is 31.3 Å². The Kier molecular flexibility index (Phi) is 7.36. The zero-order valence-corrected chi connectivity index (χ0v) is 17.5. The summed E-state index contributed by atoms with van der Waals surface area (Å²) in [4.78, 5) is 21.3. The van der Waals surface area contributed by atoms with Crippen LogP contribution in [0.15, 0.2) is 48.5 Å². The number of hydrogen-bond acceptors (Lipinski definition) is 8. The summed E-state index contributed by atoms with van der Waals surface area (Å²) in [6.07, 6.45) is -1.74. The van der Waals surface area contributed by atoms with E-state index in [0.717, 1.165) is 11.1 Å². The molecule has 31 heavy (non-hydrogen) atoms. The fraction of sp³-hybridized carbons (Fsp3) is 0.391. The summed E-state index contributed by atoms with van der Waals surface area (Å²) in [6, 6.07) is 15.4. The molecule has 1 N–H and O–H groups in total. The van der Waals surface area contributed by atoms with Crippen LogP contribution in [0.4, 0.5) is 4.79 Å². The third-order valence-electron chi connectivity index (χ3n) is 5.13. The molecule has 1 aliphatic rings. The van der Waals surface area contributed by atoms with E-state index >= 15 is 0 Å². The molecule has 0 spiro atoms. The number of ether oxygens (including phenoxy) is 5. The fourth-order valence-corrected chi connectivity index (χ4v) is 3.14. The van der Waals surface area contributed by atoms with Gasteiger partial charge in [-0.15, -0.1) is 0 Å². The minimum atomic E-state index is -0.692. The molecule has 0 aliphatic carbocycles. The summed E-state index contributed by atoms with van der Waals surface area (Å²) in [5.41, 5.74) is 1.93. The van der Waals surface area contributed by atoms with Gasteiger partial charge >= 0.3 is 6.16 Å². The van der Waals surface area contributed by atoms with E-state index in [1.165, 1.54) is 0 Å². The molecule has 0 amide bonds. The molecule has 0 aromatic heterocycles. The van der Waals surface area contributed by atoms with Crippen LogP contribution in [0.25, 0.3) is 0 Å². The third kappa shape index (κ3) is 5.88. The first-order valence-corrected chi connectivity index (χ1v) is 9.92. The van der Waals surface area contributed by atoms with Gasteiger partial charge in [0.25, 0.3) is 6.47 Å². The monoisotopic (exact) mass is 430 g/mol. The molecule has 2 atom stereocenters. The maximum Gasteiger partial charge on any atom is 0.508 e. The van der Waals surface area contributed by atoms with Gasteiger partial charge in [-0.3, -0.25) is 4.79 Å². The quantitative estimate of drug-likeness (QED) is 0.429. The topological polar surface area (TPSA) is 101 Å². The number of hydrogen-bond donors (Lipinski definition) is 1. The highest BCUT2D eigenvalue weighted by molar-refractivity contribution is 5.61. The van der Waals surface area contributed by atoms with E-state index in [1.807, 2.05) is 48.5 Å². The molecule has 1 saturated heterocycles. The summed E-state index contributed by atoms with van der Waals surface area (Å²) in [6.45, 7) is 4.75. The number of cyclic esters (lactones) is 2. The lowest BCUT2D eigenvalue weighted by Gasteiger charge is -2.26. The molecule has 2 aromatic carbocycles. The second-order valence-electron chi connectivity index (χ2n) is 7.63. The Morgan fingerprint density at radius 3 is 2.13 bits per heavy atom. The van der Waals surface area contributed by atoms with E-state index in [4.69, 9.17) is 28.8 Å². The SMILES string of the molecule is CC(C)(c1ccc(OCC(CO)OC=O)cc1)c1ccc(OCC2COC(=O)O2)cc1. The lowest BCUT2D eigenvalue weighted by Crippen LogP contribution is -2.25. The van der Waals surface area contributed by atoms with Crippen molar-refractivity contribution in [2.75, 3.05) is 26.4 Å². The Labute approximate surface area is 180 Å². The van der Waals surface area contributed by atoms with Gasteiger partial charge in [-0.25, -0.2) is 4.79 Å². The molecule has 166 valence electrons. The van der Waals surface area contributed by atoms with Crippen LogP contribution in [0.2, 0.25) is 0 Å². The molecule has 2 unspecified atom stereocenters. The van der Waals surface area contributed by atoms with Gasteiger partial charge in [0.2, 0.25) is 0 Å². The van der Waals surface area contributed by atoms with Crippen molar-refractivity contribution in [1.29, 1.82) is 0 Å². The zero-order chi connectivity index (χ0) is 22.3. The molecule has 0 bridgehead atoms. The average Bonchev–Trinajstić information content (AvgIpc) is 3.21. The molecule has 1 heterocycles. The molecule has 0 radical (unpaired) electrons. The average molecular weight is 430 g/mol. The second kappa shape index (κ2) is 10.2. The maximum absolute atomic E-state index is 10.9. The maximum atomic E-state index is 10.9. The number of aliphatic hydroxyl groups excluding tert-OH is 1. The van der Waals surface area contributed by atoms with Crippen LogP contribution in [0.1, 0.15) is 25.0 Å². The van der Waals surface area contributed by atoms with Crippen LogP contribution in [0.5, 0.6) is 11.5 Å². The summed E-state index contributed by atoms with van der Waals surface area (Å²) < 4.78 is 25.7. The first-order chi connectivity index (χ1) is 14.9. The highest BCUT2D eigenvalue weighted by atomic mass is 16.8. The summed E-state index contributed by atoms with van der Waals surface area (Å²) >= 11 is 0. The minimum absolute atomic E-state index is 0.0750. The van der Waals surface area contributed by atoms with E-state index in [0.29, 0.717) is 18.0 Å².